The van der Waals surface area contributed by atoms with Crippen molar-refractivity contribution in [3.8, 4) is 0 Å². The van der Waals surface area contributed by atoms with Crippen LogP contribution >= 0.6 is 11.8 Å². The van der Waals surface area contributed by atoms with Gasteiger partial charge < -0.3 is 10.4 Å². The molecule has 2 N–H and O–H groups in total. The summed E-state index contributed by atoms with van der Waals surface area (Å²) in [4.78, 5) is 23.9. The first-order chi connectivity index (χ1) is 9.65. The number of carboxylic acids is 1. The van der Waals surface area contributed by atoms with E-state index in [9.17, 15) is 9.59 Å². The van der Waals surface area contributed by atoms with Crippen LogP contribution in [0.3, 0.4) is 0 Å². The van der Waals surface area contributed by atoms with Crippen LogP contribution in [-0.4, -0.2) is 28.8 Å². The molecule has 0 spiro atoms. The van der Waals surface area contributed by atoms with Crippen LogP contribution in [0, 0.1) is 5.92 Å². The normalized spacial score (nSPS) is 22.2. The molecule has 1 fully saturated rings. The third-order valence-electron chi connectivity index (χ3n) is 3.50. The molecule has 2 unspecified atom stereocenters. The zero-order valence-electron chi connectivity index (χ0n) is 11.2. The van der Waals surface area contributed by atoms with Crippen LogP contribution in [0.5, 0.6) is 0 Å². The molecule has 1 saturated carbocycles. The number of benzene rings is 1. The van der Waals surface area contributed by atoms with Gasteiger partial charge in [0.05, 0.1) is 11.7 Å². The largest absolute Gasteiger partial charge is 0.481 e. The zero-order chi connectivity index (χ0) is 14.4. The van der Waals surface area contributed by atoms with Gasteiger partial charge in [-0.3, -0.25) is 9.59 Å². The molecule has 0 aromatic heterocycles. The average molecular weight is 293 g/mol. The molecule has 1 amide bonds. The number of hydrogen-bond donors (Lipinski definition) is 2. The lowest BCUT2D eigenvalue weighted by Gasteiger charge is -2.27. The average Bonchev–Trinajstić information content (AvgIpc) is 2.46. The third kappa shape index (κ3) is 4.56. The summed E-state index contributed by atoms with van der Waals surface area (Å²) in [5, 5.41) is 12.0. The molecule has 5 heteroatoms. The highest BCUT2D eigenvalue weighted by atomic mass is 32.2. The third-order valence-corrected chi connectivity index (χ3v) is 4.51. The van der Waals surface area contributed by atoms with Crippen molar-refractivity contribution in [2.45, 2.75) is 36.6 Å². The van der Waals surface area contributed by atoms with Crippen molar-refractivity contribution in [3.63, 3.8) is 0 Å². The van der Waals surface area contributed by atoms with Crippen LogP contribution in [0.1, 0.15) is 25.7 Å². The number of hydrogen-bond acceptors (Lipinski definition) is 3. The van der Waals surface area contributed by atoms with E-state index < -0.39 is 5.97 Å². The molecule has 0 saturated heterocycles. The van der Waals surface area contributed by atoms with Gasteiger partial charge in [0.1, 0.15) is 0 Å². The molecule has 0 aliphatic heterocycles. The Hall–Kier alpha value is -1.49. The second-order valence-corrected chi connectivity index (χ2v) is 6.12. The standard InChI is InChI=1S/C15H19NO3S/c17-14(10-20-13-7-2-1-3-8-13)16-12-6-4-5-11(9-12)15(18)19/h1-3,7-8,11-12H,4-6,9-10H2,(H,16,17)(H,18,19). The Bertz CT molecular complexity index is 463. The summed E-state index contributed by atoms with van der Waals surface area (Å²) in [6, 6.07) is 9.78. The fourth-order valence-corrected chi connectivity index (χ4v) is 3.21. The zero-order valence-corrected chi connectivity index (χ0v) is 12.1. The van der Waals surface area contributed by atoms with Crippen LogP contribution in [0.15, 0.2) is 35.2 Å². The van der Waals surface area contributed by atoms with Crippen LogP contribution in [0.2, 0.25) is 0 Å². The van der Waals surface area contributed by atoms with Crippen molar-refractivity contribution in [2.24, 2.45) is 5.92 Å². The van der Waals surface area contributed by atoms with Crippen LogP contribution in [0.25, 0.3) is 0 Å². The maximum absolute atomic E-state index is 11.9. The van der Waals surface area contributed by atoms with E-state index in [1.165, 1.54) is 11.8 Å². The van der Waals surface area contributed by atoms with Gasteiger partial charge in [0, 0.05) is 10.9 Å². The predicted molar refractivity (Wildman–Crippen MR) is 78.7 cm³/mol. The second kappa shape index (κ2) is 7.33. The number of aliphatic carboxylic acids is 1. The molecular formula is C15H19NO3S. The minimum Gasteiger partial charge on any atom is -0.481 e. The number of carbonyl (C=O) groups excluding carboxylic acids is 1. The predicted octanol–water partition coefficient (Wildman–Crippen LogP) is 2.54. The molecular weight excluding hydrogens is 274 g/mol. The van der Waals surface area contributed by atoms with Crippen molar-refractivity contribution in [1.29, 1.82) is 0 Å². The summed E-state index contributed by atoms with van der Waals surface area (Å²) < 4.78 is 0. The van der Waals surface area contributed by atoms with Crippen molar-refractivity contribution in [1.82, 2.24) is 5.32 Å². The number of amides is 1. The number of thioether (sulfide) groups is 1. The first-order valence-electron chi connectivity index (χ1n) is 6.85. The fourth-order valence-electron chi connectivity index (χ4n) is 2.48. The Morgan fingerprint density at radius 1 is 1.25 bits per heavy atom. The summed E-state index contributed by atoms with van der Waals surface area (Å²) in [6.07, 6.45) is 3.02. The van der Waals surface area contributed by atoms with E-state index in [-0.39, 0.29) is 17.9 Å². The summed E-state index contributed by atoms with van der Waals surface area (Å²) in [6.45, 7) is 0. The maximum atomic E-state index is 11.9. The highest BCUT2D eigenvalue weighted by Crippen LogP contribution is 2.24. The van der Waals surface area contributed by atoms with Crippen LogP contribution < -0.4 is 5.32 Å². The van der Waals surface area contributed by atoms with E-state index in [1.807, 2.05) is 30.3 Å². The molecule has 0 bridgehead atoms. The van der Waals surface area contributed by atoms with Crippen molar-refractivity contribution >= 4 is 23.6 Å². The van der Waals surface area contributed by atoms with E-state index in [2.05, 4.69) is 5.32 Å². The first-order valence-corrected chi connectivity index (χ1v) is 7.83. The molecule has 0 heterocycles. The Morgan fingerprint density at radius 3 is 2.70 bits per heavy atom. The topological polar surface area (TPSA) is 66.4 Å². The summed E-state index contributed by atoms with van der Waals surface area (Å²) in [7, 11) is 0. The molecule has 4 nitrogen and oxygen atoms in total. The Balaban J connectivity index is 1.75. The van der Waals surface area contributed by atoms with E-state index in [0.29, 0.717) is 12.2 Å². The minimum absolute atomic E-state index is 0.00808. The molecule has 2 atom stereocenters. The fraction of sp³-hybridized carbons (Fsp3) is 0.467. The lowest BCUT2D eigenvalue weighted by Crippen LogP contribution is -2.40. The Labute approximate surface area is 123 Å². The lowest BCUT2D eigenvalue weighted by molar-refractivity contribution is -0.143. The monoisotopic (exact) mass is 293 g/mol. The van der Waals surface area contributed by atoms with Gasteiger partial charge in [-0.2, -0.15) is 0 Å². The van der Waals surface area contributed by atoms with Gasteiger partial charge >= 0.3 is 5.97 Å². The Morgan fingerprint density at radius 2 is 2.00 bits per heavy atom. The maximum Gasteiger partial charge on any atom is 0.306 e. The van der Waals surface area contributed by atoms with E-state index in [0.717, 1.165) is 24.2 Å². The smallest absolute Gasteiger partial charge is 0.306 e. The van der Waals surface area contributed by atoms with E-state index in [4.69, 9.17) is 5.11 Å². The van der Waals surface area contributed by atoms with Crippen LogP contribution in [-0.2, 0) is 9.59 Å². The number of rotatable bonds is 5. The highest BCUT2D eigenvalue weighted by Gasteiger charge is 2.27. The molecule has 1 aromatic carbocycles. The number of carbonyl (C=O) groups is 2. The van der Waals surface area contributed by atoms with Crippen molar-refractivity contribution < 1.29 is 14.7 Å². The summed E-state index contributed by atoms with van der Waals surface area (Å²) >= 11 is 1.50. The number of carboxylic acid groups (broad SMARTS) is 1. The van der Waals surface area contributed by atoms with Crippen LogP contribution in [0.4, 0.5) is 0 Å². The molecule has 1 aliphatic rings. The van der Waals surface area contributed by atoms with E-state index >= 15 is 0 Å². The minimum atomic E-state index is -0.748. The quantitative estimate of drug-likeness (QED) is 0.819. The van der Waals surface area contributed by atoms with Crippen molar-refractivity contribution in [3.05, 3.63) is 30.3 Å². The van der Waals surface area contributed by atoms with Crippen molar-refractivity contribution in [2.75, 3.05) is 5.75 Å². The van der Waals surface area contributed by atoms with Gasteiger partial charge in [-0.1, -0.05) is 24.6 Å². The highest BCUT2D eigenvalue weighted by molar-refractivity contribution is 8.00. The molecule has 2 rings (SSSR count). The van der Waals surface area contributed by atoms with Gasteiger partial charge in [-0.25, -0.2) is 0 Å². The molecule has 108 valence electrons. The van der Waals surface area contributed by atoms with Gasteiger partial charge in [-0.15, -0.1) is 11.8 Å². The van der Waals surface area contributed by atoms with Gasteiger partial charge in [0.2, 0.25) is 5.91 Å². The number of nitrogens with one attached hydrogen (secondary N) is 1. The molecule has 1 aromatic rings. The van der Waals surface area contributed by atoms with Gasteiger partial charge in [0.25, 0.3) is 0 Å². The second-order valence-electron chi connectivity index (χ2n) is 5.07. The molecule has 1 aliphatic carbocycles. The molecule has 0 radical (unpaired) electrons. The Kier molecular flexibility index (Phi) is 5.47. The SMILES string of the molecule is O=C(CSc1ccccc1)NC1CCCC(C(=O)O)C1. The van der Waals surface area contributed by atoms with Gasteiger partial charge in [0.15, 0.2) is 0 Å². The van der Waals surface area contributed by atoms with E-state index in [1.54, 1.807) is 0 Å². The summed E-state index contributed by atoms with van der Waals surface area (Å²) in [5.74, 6) is -0.702. The first kappa shape index (κ1) is 14.9. The van der Waals surface area contributed by atoms with Gasteiger partial charge in [-0.05, 0) is 31.4 Å². The lowest BCUT2D eigenvalue weighted by atomic mass is 9.86. The summed E-state index contributed by atoms with van der Waals surface area (Å²) in [5.41, 5.74) is 0. The molecule has 20 heavy (non-hydrogen) atoms.